The van der Waals surface area contributed by atoms with Gasteiger partial charge >= 0.3 is 0 Å². The van der Waals surface area contributed by atoms with Crippen LogP contribution in [0.4, 0.5) is 5.69 Å². The number of rotatable bonds is 6. The number of methoxy groups -OCH3 is 2. The van der Waals surface area contributed by atoms with E-state index in [1.54, 1.807) is 14.2 Å². The molecular formula is C18H23NO2. The Bertz CT molecular complexity index is 556. The van der Waals surface area contributed by atoms with E-state index in [0.717, 1.165) is 23.6 Å². The largest absolute Gasteiger partial charge is 0.497 e. The molecule has 3 nitrogen and oxygen atoms in total. The van der Waals surface area contributed by atoms with Crippen LogP contribution < -0.4 is 14.8 Å². The van der Waals surface area contributed by atoms with Gasteiger partial charge in [0.2, 0.25) is 0 Å². The van der Waals surface area contributed by atoms with E-state index in [1.165, 1.54) is 11.1 Å². The Balaban J connectivity index is 2.15. The smallest absolute Gasteiger partial charge is 0.124 e. The van der Waals surface area contributed by atoms with Gasteiger partial charge in [-0.2, -0.15) is 0 Å². The molecule has 0 aliphatic rings. The van der Waals surface area contributed by atoms with Crippen molar-refractivity contribution in [2.75, 3.05) is 19.5 Å². The van der Waals surface area contributed by atoms with Gasteiger partial charge in [0.15, 0.2) is 0 Å². The molecule has 0 amide bonds. The Morgan fingerprint density at radius 2 is 1.52 bits per heavy atom. The molecule has 0 spiro atoms. The van der Waals surface area contributed by atoms with Crippen molar-refractivity contribution in [3.63, 3.8) is 0 Å². The number of anilines is 1. The van der Waals surface area contributed by atoms with Crippen molar-refractivity contribution in [3.8, 4) is 11.5 Å². The Kier molecular flexibility index (Phi) is 5.09. The lowest BCUT2D eigenvalue weighted by molar-refractivity contribution is 0.394. The van der Waals surface area contributed by atoms with Gasteiger partial charge in [0.05, 0.1) is 14.2 Å². The zero-order valence-corrected chi connectivity index (χ0v) is 13.1. The van der Waals surface area contributed by atoms with Crippen LogP contribution in [-0.4, -0.2) is 14.2 Å². The summed E-state index contributed by atoms with van der Waals surface area (Å²) in [6, 6.07) is 14.7. The number of hydrogen-bond donors (Lipinski definition) is 1. The monoisotopic (exact) mass is 285 g/mol. The molecule has 0 saturated heterocycles. The number of ether oxygens (including phenoxy) is 2. The summed E-state index contributed by atoms with van der Waals surface area (Å²) in [6.45, 7) is 4.31. The molecule has 0 bridgehead atoms. The third-order valence-corrected chi connectivity index (χ3v) is 3.62. The summed E-state index contributed by atoms with van der Waals surface area (Å²) in [5.41, 5.74) is 3.60. The Labute approximate surface area is 126 Å². The van der Waals surface area contributed by atoms with Gasteiger partial charge in [-0.15, -0.1) is 0 Å². The molecule has 2 aromatic carbocycles. The van der Waals surface area contributed by atoms with E-state index in [9.17, 15) is 0 Å². The minimum Gasteiger partial charge on any atom is -0.497 e. The number of benzene rings is 2. The molecule has 112 valence electrons. The fourth-order valence-electron chi connectivity index (χ4n) is 2.27. The van der Waals surface area contributed by atoms with Crippen molar-refractivity contribution in [3.05, 3.63) is 53.6 Å². The maximum atomic E-state index is 5.29. The second-order valence-corrected chi connectivity index (χ2v) is 5.06. The summed E-state index contributed by atoms with van der Waals surface area (Å²) in [5.74, 6) is 1.57. The third-order valence-electron chi connectivity index (χ3n) is 3.62. The minimum absolute atomic E-state index is 0.215. The van der Waals surface area contributed by atoms with Crippen LogP contribution in [-0.2, 0) is 6.42 Å². The van der Waals surface area contributed by atoms with E-state index in [4.69, 9.17) is 9.47 Å². The molecule has 0 aromatic heterocycles. The van der Waals surface area contributed by atoms with Crippen molar-refractivity contribution in [1.82, 2.24) is 0 Å². The summed E-state index contributed by atoms with van der Waals surface area (Å²) in [6.07, 6.45) is 1.06. The van der Waals surface area contributed by atoms with Crippen molar-refractivity contribution in [1.29, 1.82) is 0 Å². The SMILES string of the molecule is CCc1ccc(C(C)Nc2cc(OC)cc(OC)c2)cc1. The standard InChI is InChI=1S/C18H23NO2/c1-5-14-6-8-15(9-7-14)13(2)19-16-10-17(20-3)12-18(11-16)21-4/h6-13,19H,5H2,1-4H3. The van der Waals surface area contributed by atoms with E-state index in [2.05, 4.69) is 43.4 Å². The first-order valence-corrected chi connectivity index (χ1v) is 7.24. The average molecular weight is 285 g/mol. The molecule has 0 saturated carbocycles. The van der Waals surface area contributed by atoms with Gasteiger partial charge in [-0.3, -0.25) is 0 Å². The highest BCUT2D eigenvalue weighted by atomic mass is 16.5. The van der Waals surface area contributed by atoms with E-state index in [-0.39, 0.29) is 6.04 Å². The first-order valence-electron chi connectivity index (χ1n) is 7.24. The molecule has 1 unspecified atom stereocenters. The number of nitrogens with one attached hydrogen (secondary N) is 1. The zero-order valence-electron chi connectivity index (χ0n) is 13.1. The van der Waals surface area contributed by atoms with Crippen molar-refractivity contribution < 1.29 is 9.47 Å². The van der Waals surface area contributed by atoms with Crippen LogP contribution in [0.5, 0.6) is 11.5 Å². The highest BCUT2D eigenvalue weighted by Gasteiger charge is 2.07. The van der Waals surface area contributed by atoms with Gasteiger partial charge in [0.25, 0.3) is 0 Å². The van der Waals surface area contributed by atoms with Crippen LogP contribution in [0.2, 0.25) is 0 Å². The topological polar surface area (TPSA) is 30.5 Å². The fourth-order valence-corrected chi connectivity index (χ4v) is 2.27. The maximum absolute atomic E-state index is 5.29. The fraction of sp³-hybridized carbons (Fsp3) is 0.333. The molecule has 0 heterocycles. The van der Waals surface area contributed by atoms with Crippen LogP contribution in [0.1, 0.15) is 31.0 Å². The maximum Gasteiger partial charge on any atom is 0.124 e. The van der Waals surface area contributed by atoms with Gasteiger partial charge in [-0.05, 0) is 24.5 Å². The first-order chi connectivity index (χ1) is 10.2. The zero-order chi connectivity index (χ0) is 15.2. The Morgan fingerprint density at radius 1 is 0.952 bits per heavy atom. The molecule has 2 rings (SSSR count). The molecular weight excluding hydrogens is 262 g/mol. The van der Waals surface area contributed by atoms with Crippen molar-refractivity contribution in [2.45, 2.75) is 26.3 Å². The average Bonchev–Trinajstić information content (AvgIpc) is 2.54. The predicted molar refractivity (Wildman–Crippen MR) is 87.4 cm³/mol. The number of aryl methyl sites for hydroxylation is 1. The summed E-state index contributed by atoms with van der Waals surface area (Å²) >= 11 is 0. The lowest BCUT2D eigenvalue weighted by Crippen LogP contribution is -2.07. The molecule has 0 aliphatic carbocycles. The molecule has 1 N–H and O–H groups in total. The summed E-state index contributed by atoms with van der Waals surface area (Å²) in [4.78, 5) is 0. The van der Waals surface area contributed by atoms with Crippen LogP contribution in [0.15, 0.2) is 42.5 Å². The quantitative estimate of drug-likeness (QED) is 0.851. The molecule has 2 aromatic rings. The normalized spacial score (nSPS) is 11.8. The summed E-state index contributed by atoms with van der Waals surface area (Å²) < 4.78 is 10.6. The van der Waals surface area contributed by atoms with Crippen LogP contribution in [0, 0.1) is 0 Å². The molecule has 3 heteroatoms. The number of hydrogen-bond acceptors (Lipinski definition) is 3. The Morgan fingerprint density at radius 3 is 2.00 bits per heavy atom. The van der Waals surface area contributed by atoms with Gasteiger partial charge in [-0.25, -0.2) is 0 Å². The van der Waals surface area contributed by atoms with E-state index >= 15 is 0 Å². The summed E-state index contributed by atoms with van der Waals surface area (Å²) in [7, 11) is 3.32. The molecule has 0 radical (unpaired) electrons. The van der Waals surface area contributed by atoms with Crippen molar-refractivity contribution in [2.24, 2.45) is 0 Å². The van der Waals surface area contributed by atoms with E-state index in [1.807, 2.05) is 18.2 Å². The third kappa shape index (κ3) is 3.91. The van der Waals surface area contributed by atoms with E-state index in [0.29, 0.717) is 0 Å². The van der Waals surface area contributed by atoms with Crippen LogP contribution >= 0.6 is 0 Å². The molecule has 0 aliphatic heterocycles. The minimum atomic E-state index is 0.215. The van der Waals surface area contributed by atoms with Gasteiger partial charge in [0.1, 0.15) is 11.5 Å². The molecule has 21 heavy (non-hydrogen) atoms. The second kappa shape index (κ2) is 7.02. The second-order valence-electron chi connectivity index (χ2n) is 5.06. The van der Waals surface area contributed by atoms with Crippen molar-refractivity contribution >= 4 is 5.69 Å². The summed E-state index contributed by atoms with van der Waals surface area (Å²) in [5, 5.41) is 3.49. The van der Waals surface area contributed by atoms with Gasteiger partial charge < -0.3 is 14.8 Å². The first kappa shape index (κ1) is 15.2. The van der Waals surface area contributed by atoms with Gasteiger partial charge in [0, 0.05) is 29.9 Å². The molecule has 0 fully saturated rings. The Hall–Kier alpha value is -2.16. The lowest BCUT2D eigenvalue weighted by atomic mass is 10.0. The predicted octanol–water partition coefficient (Wildman–Crippen LogP) is 4.44. The van der Waals surface area contributed by atoms with Gasteiger partial charge in [-0.1, -0.05) is 31.2 Å². The lowest BCUT2D eigenvalue weighted by Gasteiger charge is -2.17. The van der Waals surface area contributed by atoms with E-state index < -0.39 is 0 Å². The van der Waals surface area contributed by atoms with Crippen LogP contribution in [0.3, 0.4) is 0 Å². The highest BCUT2D eigenvalue weighted by molar-refractivity contribution is 5.54. The molecule has 1 atom stereocenters. The highest BCUT2D eigenvalue weighted by Crippen LogP contribution is 2.28. The van der Waals surface area contributed by atoms with Crippen LogP contribution in [0.25, 0.3) is 0 Å².